The molecule has 0 radical (unpaired) electrons. The van der Waals surface area contributed by atoms with E-state index in [4.69, 9.17) is 11.8 Å². The monoisotopic (exact) mass is 312 g/mol. The molecule has 1 amide bonds. The Kier molecular flexibility index (Phi) is 3.40. The highest BCUT2D eigenvalue weighted by Crippen LogP contribution is 2.39. The summed E-state index contributed by atoms with van der Waals surface area (Å²) < 4.78 is 1.81. The lowest BCUT2D eigenvalue weighted by Crippen LogP contribution is -2.47. The molecule has 1 fully saturated rings. The first-order valence-electron chi connectivity index (χ1n) is 7.58. The van der Waals surface area contributed by atoms with Crippen LogP contribution in [0.2, 0.25) is 0 Å². The van der Waals surface area contributed by atoms with Gasteiger partial charge in [-0.2, -0.15) is 0 Å². The molecule has 112 valence electrons. The van der Waals surface area contributed by atoms with Gasteiger partial charge in [0.2, 0.25) is 0 Å². The average Bonchev–Trinajstić information content (AvgIpc) is 2.94. The predicted octanol–water partition coefficient (Wildman–Crippen LogP) is 3.26. The summed E-state index contributed by atoms with van der Waals surface area (Å²) in [7, 11) is 0. The Balaban J connectivity index is 1.74. The number of carbonyl (C=O) groups excluding carboxylic acids is 1. The summed E-state index contributed by atoms with van der Waals surface area (Å²) in [5, 5.41) is 0. The highest BCUT2D eigenvalue weighted by atomic mass is 35.5. The van der Waals surface area contributed by atoms with Crippen molar-refractivity contribution in [2.75, 3.05) is 13.1 Å². The van der Waals surface area contributed by atoms with Crippen LogP contribution in [0.15, 0.2) is 54.6 Å². The molecule has 0 unspecified atom stereocenters. The molecule has 4 rings (SSSR count). The lowest BCUT2D eigenvalue weighted by molar-refractivity contribution is 0.0627. The minimum absolute atomic E-state index is 0.118. The van der Waals surface area contributed by atoms with Gasteiger partial charge in [-0.3, -0.25) is 4.79 Å². The quantitative estimate of drug-likeness (QED) is 0.795. The van der Waals surface area contributed by atoms with Gasteiger partial charge in [0, 0.05) is 31.1 Å². The van der Waals surface area contributed by atoms with Gasteiger partial charge in [0.25, 0.3) is 5.91 Å². The number of amides is 1. The first-order valence-corrected chi connectivity index (χ1v) is 7.92. The molecule has 2 aromatic rings. The summed E-state index contributed by atoms with van der Waals surface area (Å²) in [6, 6.07) is 18.2. The zero-order chi connectivity index (χ0) is 15.1. The van der Waals surface area contributed by atoms with Crippen molar-refractivity contribution in [2.45, 2.75) is 18.5 Å². The van der Waals surface area contributed by atoms with Crippen LogP contribution >= 0.6 is 11.8 Å². The largest absolute Gasteiger partial charge is 0.329 e. The van der Waals surface area contributed by atoms with Crippen molar-refractivity contribution in [3.63, 3.8) is 0 Å². The molecule has 0 saturated carbocycles. The standard InChI is InChI=1S/C18H17ClN2O/c19-20-11-16-14-8-4-5-9-15(14)18(22)21(17(16)12-20)10-13-6-2-1-3-7-13/h1-9,16-17H,10-12H2/t16-,17+/m1/s1. The zero-order valence-electron chi connectivity index (χ0n) is 12.2. The molecule has 4 heteroatoms. The molecule has 22 heavy (non-hydrogen) atoms. The molecule has 2 aromatic carbocycles. The zero-order valence-corrected chi connectivity index (χ0v) is 12.9. The summed E-state index contributed by atoms with van der Waals surface area (Å²) in [5.74, 6) is 0.419. The van der Waals surface area contributed by atoms with Gasteiger partial charge >= 0.3 is 0 Å². The molecular formula is C18H17ClN2O. The number of hydrogen-bond donors (Lipinski definition) is 0. The number of rotatable bonds is 2. The number of fused-ring (bicyclic) bond motifs is 3. The Morgan fingerprint density at radius 3 is 2.55 bits per heavy atom. The summed E-state index contributed by atoms with van der Waals surface area (Å²) in [5.41, 5.74) is 3.12. The molecule has 0 bridgehead atoms. The second-order valence-corrected chi connectivity index (χ2v) is 6.49. The molecule has 2 atom stereocenters. The molecular weight excluding hydrogens is 296 g/mol. The van der Waals surface area contributed by atoms with Gasteiger partial charge in [-0.1, -0.05) is 48.5 Å². The predicted molar refractivity (Wildman–Crippen MR) is 86.7 cm³/mol. The van der Waals surface area contributed by atoms with Crippen molar-refractivity contribution in [2.24, 2.45) is 0 Å². The molecule has 2 aliphatic rings. The number of nitrogens with zero attached hydrogens (tertiary/aromatic N) is 2. The maximum absolute atomic E-state index is 12.9. The lowest BCUT2D eigenvalue weighted by Gasteiger charge is -2.38. The van der Waals surface area contributed by atoms with E-state index in [-0.39, 0.29) is 11.9 Å². The van der Waals surface area contributed by atoms with Crippen LogP contribution in [0.1, 0.15) is 27.4 Å². The van der Waals surface area contributed by atoms with Gasteiger partial charge in [0.15, 0.2) is 0 Å². The summed E-state index contributed by atoms with van der Waals surface area (Å²) in [6.07, 6.45) is 0. The number of carbonyl (C=O) groups is 1. The van der Waals surface area contributed by atoms with Crippen LogP contribution in [0, 0.1) is 0 Å². The first kappa shape index (κ1) is 13.8. The van der Waals surface area contributed by atoms with Gasteiger partial charge in [-0.05, 0) is 29.0 Å². The normalized spacial score (nSPS) is 24.2. The van der Waals surface area contributed by atoms with Crippen LogP contribution in [0.4, 0.5) is 0 Å². The maximum atomic E-state index is 12.9. The van der Waals surface area contributed by atoms with Crippen molar-refractivity contribution < 1.29 is 4.79 Å². The molecule has 3 nitrogen and oxygen atoms in total. The van der Waals surface area contributed by atoms with E-state index in [2.05, 4.69) is 18.2 Å². The third-order valence-electron chi connectivity index (χ3n) is 4.69. The van der Waals surface area contributed by atoms with E-state index in [0.29, 0.717) is 12.5 Å². The second kappa shape index (κ2) is 5.41. The SMILES string of the molecule is O=C1c2ccccc2[C@H]2CN(Cl)C[C@@H]2N1Cc1ccccc1. The number of halogens is 1. The molecule has 1 saturated heterocycles. The third-order valence-corrected chi connectivity index (χ3v) is 4.97. The minimum atomic E-state index is 0.118. The molecule has 0 aromatic heterocycles. The van der Waals surface area contributed by atoms with E-state index in [9.17, 15) is 4.79 Å². The Hall–Kier alpha value is -1.84. The van der Waals surface area contributed by atoms with Crippen LogP contribution in [0.3, 0.4) is 0 Å². The van der Waals surface area contributed by atoms with Gasteiger partial charge < -0.3 is 4.90 Å². The van der Waals surface area contributed by atoms with Gasteiger partial charge in [0.1, 0.15) is 0 Å². The van der Waals surface area contributed by atoms with E-state index in [0.717, 1.165) is 29.8 Å². The van der Waals surface area contributed by atoms with E-state index < -0.39 is 0 Å². The topological polar surface area (TPSA) is 23.6 Å². The Morgan fingerprint density at radius 1 is 1.00 bits per heavy atom. The van der Waals surface area contributed by atoms with Crippen LogP contribution in [0.25, 0.3) is 0 Å². The van der Waals surface area contributed by atoms with Gasteiger partial charge in [-0.15, -0.1) is 0 Å². The fraction of sp³-hybridized carbons (Fsp3) is 0.278. The number of hydrogen-bond acceptors (Lipinski definition) is 2. The fourth-order valence-electron chi connectivity index (χ4n) is 3.65. The third kappa shape index (κ3) is 2.21. The Morgan fingerprint density at radius 2 is 1.73 bits per heavy atom. The van der Waals surface area contributed by atoms with E-state index >= 15 is 0 Å². The van der Waals surface area contributed by atoms with Crippen molar-refractivity contribution in [1.82, 2.24) is 9.32 Å². The van der Waals surface area contributed by atoms with Crippen molar-refractivity contribution in [3.8, 4) is 0 Å². The number of benzene rings is 2. The molecule has 0 aliphatic carbocycles. The van der Waals surface area contributed by atoms with Crippen LogP contribution in [0.5, 0.6) is 0 Å². The van der Waals surface area contributed by atoms with Crippen molar-refractivity contribution in [3.05, 3.63) is 71.3 Å². The highest BCUT2D eigenvalue weighted by Gasteiger charge is 2.44. The van der Waals surface area contributed by atoms with E-state index in [1.165, 1.54) is 0 Å². The summed E-state index contributed by atoms with van der Waals surface area (Å²) in [4.78, 5) is 14.9. The minimum Gasteiger partial charge on any atom is -0.329 e. The van der Waals surface area contributed by atoms with Gasteiger partial charge in [-0.25, -0.2) is 4.42 Å². The van der Waals surface area contributed by atoms with Crippen molar-refractivity contribution >= 4 is 17.7 Å². The smallest absolute Gasteiger partial charge is 0.254 e. The lowest BCUT2D eigenvalue weighted by atomic mass is 9.85. The summed E-state index contributed by atoms with van der Waals surface area (Å²) in [6.45, 7) is 2.15. The van der Waals surface area contributed by atoms with Crippen LogP contribution in [-0.2, 0) is 6.54 Å². The fourth-order valence-corrected chi connectivity index (χ4v) is 3.94. The molecule has 0 spiro atoms. The van der Waals surface area contributed by atoms with E-state index in [1.54, 1.807) is 0 Å². The van der Waals surface area contributed by atoms with Crippen molar-refractivity contribution in [1.29, 1.82) is 0 Å². The van der Waals surface area contributed by atoms with Crippen LogP contribution < -0.4 is 0 Å². The Labute approximate surface area is 135 Å². The van der Waals surface area contributed by atoms with Crippen LogP contribution in [-0.4, -0.2) is 34.4 Å². The highest BCUT2D eigenvalue weighted by molar-refractivity contribution is 6.13. The second-order valence-electron chi connectivity index (χ2n) is 6.01. The molecule has 2 aliphatic heterocycles. The maximum Gasteiger partial charge on any atom is 0.254 e. The van der Waals surface area contributed by atoms with E-state index in [1.807, 2.05) is 45.7 Å². The summed E-state index contributed by atoms with van der Waals surface area (Å²) >= 11 is 6.26. The average molecular weight is 313 g/mol. The van der Waals surface area contributed by atoms with Gasteiger partial charge in [0.05, 0.1) is 6.04 Å². The first-order chi connectivity index (χ1) is 10.7. The molecule has 2 heterocycles. The Bertz CT molecular complexity index is 703. The molecule has 0 N–H and O–H groups in total.